The summed E-state index contributed by atoms with van der Waals surface area (Å²) in [5.74, 6) is -0.683. The molecule has 0 spiro atoms. The Hall–Kier alpha value is -2.58. The van der Waals surface area contributed by atoms with Crippen LogP contribution in [-0.2, 0) is 26.2 Å². The third kappa shape index (κ3) is 6.79. The monoisotopic (exact) mass is 533 g/mol. The number of amides is 2. The summed E-state index contributed by atoms with van der Waals surface area (Å²) in [6.07, 6.45) is 5.47. The summed E-state index contributed by atoms with van der Waals surface area (Å²) in [4.78, 5) is 28.6. The average Bonchev–Trinajstić information content (AvgIpc) is 3.33. The number of hydrogen-bond acceptors (Lipinski definition) is 4. The maximum Gasteiger partial charge on any atom is 0.244 e. The highest BCUT2D eigenvalue weighted by atomic mass is 35.5. The molecular weight excluding hydrogens is 498 g/mol. The Balaban J connectivity index is 1.96. The van der Waals surface area contributed by atoms with Gasteiger partial charge >= 0.3 is 0 Å². The summed E-state index contributed by atoms with van der Waals surface area (Å²) in [5.41, 5.74) is 2.84. The first-order valence-corrected chi connectivity index (χ1v) is 14.6. The number of halogens is 1. The van der Waals surface area contributed by atoms with Gasteiger partial charge in [-0.2, -0.15) is 0 Å². The summed E-state index contributed by atoms with van der Waals surface area (Å²) >= 11 is 6.41. The molecule has 9 heteroatoms. The van der Waals surface area contributed by atoms with E-state index in [1.165, 1.54) is 4.90 Å². The summed E-state index contributed by atoms with van der Waals surface area (Å²) in [6, 6.07) is 11.9. The lowest BCUT2D eigenvalue weighted by molar-refractivity contribution is -0.140. The Kier molecular flexibility index (Phi) is 9.41. The maximum atomic E-state index is 13.8. The number of aryl methyl sites for hydroxylation is 1. The lowest BCUT2D eigenvalue weighted by atomic mass is 10.1. The number of carbonyl (C=O) groups excluding carboxylic acids is 2. The highest BCUT2D eigenvalue weighted by molar-refractivity contribution is 7.92. The van der Waals surface area contributed by atoms with Gasteiger partial charge in [-0.1, -0.05) is 61.7 Å². The van der Waals surface area contributed by atoms with E-state index < -0.39 is 28.5 Å². The Morgan fingerprint density at radius 2 is 1.75 bits per heavy atom. The van der Waals surface area contributed by atoms with Crippen LogP contribution in [0.4, 0.5) is 5.69 Å². The third-order valence-corrected chi connectivity index (χ3v) is 8.41. The highest BCUT2D eigenvalue weighted by Gasteiger charge is 2.33. The topological polar surface area (TPSA) is 86.8 Å². The number of sulfonamides is 1. The molecule has 1 aliphatic rings. The molecule has 7 nitrogen and oxygen atoms in total. The van der Waals surface area contributed by atoms with Crippen LogP contribution in [0.2, 0.25) is 5.02 Å². The minimum Gasteiger partial charge on any atom is -0.352 e. The van der Waals surface area contributed by atoms with E-state index in [0.717, 1.165) is 47.4 Å². The largest absolute Gasteiger partial charge is 0.352 e. The van der Waals surface area contributed by atoms with Crippen molar-refractivity contribution in [3.05, 3.63) is 64.2 Å². The van der Waals surface area contributed by atoms with Crippen molar-refractivity contribution in [1.29, 1.82) is 0 Å². The molecule has 1 N–H and O–H groups in total. The first-order valence-electron chi connectivity index (χ1n) is 12.4. The molecule has 0 aromatic heterocycles. The van der Waals surface area contributed by atoms with E-state index in [0.29, 0.717) is 22.7 Å². The minimum atomic E-state index is -3.78. The van der Waals surface area contributed by atoms with Crippen LogP contribution in [0.15, 0.2) is 42.5 Å². The van der Waals surface area contributed by atoms with Gasteiger partial charge in [0.2, 0.25) is 21.8 Å². The minimum absolute atomic E-state index is 0.0967. The van der Waals surface area contributed by atoms with E-state index in [2.05, 4.69) is 5.32 Å². The Morgan fingerprint density at radius 3 is 2.36 bits per heavy atom. The summed E-state index contributed by atoms with van der Waals surface area (Å²) in [6.45, 7) is 5.26. The molecule has 2 aromatic carbocycles. The van der Waals surface area contributed by atoms with Crippen LogP contribution in [0, 0.1) is 13.8 Å². The summed E-state index contributed by atoms with van der Waals surface area (Å²) < 4.78 is 26.8. The molecule has 1 atom stereocenters. The van der Waals surface area contributed by atoms with Crippen LogP contribution in [0.3, 0.4) is 0 Å². The van der Waals surface area contributed by atoms with Gasteiger partial charge in [0.25, 0.3) is 0 Å². The summed E-state index contributed by atoms with van der Waals surface area (Å²) in [5, 5.41) is 3.58. The van der Waals surface area contributed by atoms with Gasteiger partial charge in [-0.25, -0.2) is 8.42 Å². The van der Waals surface area contributed by atoms with E-state index in [1.54, 1.807) is 24.3 Å². The number of benzene rings is 2. The molecule has 196 valence electrons. The first-order chi connectivity index (χ1) is 17.0. The van der Waals surface area contributed by atoms with Crippen LogP contribution >= 0.6 is 11.6 Å². The van der Waals surface area contributed by atoms with Crippen LogP contribution in [0.1, 0.15) is 55.7 Å². The van der Waals surface area contributed by atoms with Gasteiger partial charge in [0.15, 0.2) is 0 Å². The van der Waals surface area contributed by atoms with Gasteiger partial charge in [0, 0.05) is 17.6 Å². The van der Waals surface area contributed by atoms with Gasteiger partial charge in [0.1, 0.15) is 12.6 Å². The van der Waals surface area contributed by atoms with Crippen molar-refractivity contribution in [2.45, 2.75) is 71.5 Å². The number of nitrogens with zero attached hydrogens (tertiary/aromatic N) is 2. The Labute approximate surface area is 219 Å². The fraction of sp³-hybridized carbons (Fsp3) is 0.481. The van der Waals surface area contributed by atoms with Crippen molar-refractivity contribution in [3.8, 4) is 0 Å². The molecule has 36 heavy (non-hydrogen) atoms. The second kappa shape index (κ2) is 12.1. The standard InChI is InChI=1S/C27H36ClN3O4S/c1-5-24(27(33)29-22-13-7-8-14-22)30(17-21-12-6-9-15-23(21)28)26(32)18-31(36(4,34)35)25-16-10-11-19(2)20(25)3/h6,9-12,15-16,22,24H,5,7-8,13-14,17-18H2,1-4H3,(H,29,33)/t24-/m0/s1. The van der Waals surface area contributed by atoms with Crippen LogP contribution < -0.4 is 9.62 Å². The number of rotatable bonds is 10. The van der Waals surface area contributed by atoms with Gasteiger partial charge in [-0.3, -0.25) is 13.9 Å². The van der Waals surface area contributed by atoms with Crippen molar-refractivity contribution in [2.75, 3.05) is 17.1 Å². The van der Waals surface area contributed by atoms with Crippen molar-refractivity contribution < 1.29 is 18.0 Å². The smallest absolute Gasteiger partial charge is 0.244 e. The van der Waals surface area contributed by atoms with Crippen molar-refractivity contribution in [2.24, 2.45) is 0 Å². The van der Waals surface area contributed by atoms with E-state index in [9.17, 15) is 18.0 Å². The zero-order valence-corrected chi connectivity index (χ0v) is 23.0. The lowest BCUT2D eigenvalue weighted by Gasteiger charge is -2.34. The molecule has 2 aromatic rings. The van der Waals surface area contributed by atoms with Gasteiger partial charge in [-0.05, 0) is 61.9 Å². The second-order valence-electron chi connectivity index (χ2n) is 9.52. The number of hydrogen-bond donors (Lipinski definition) is 1. The fourth-order valence-electron chi connectivity index (χ4n) is 4.70. The molecule has 3 rings (SSSR count). The van der Waals surface area contributed by atoms with Crippen molar-refractivity contribution >= 4 is 39.1 Å². The number of anilines is 1. The molecule has 1 aliphatic carbocycles. The number of nitrogens with one attached hydrogen (secondary N) is 1. The van der Waals surface area contributed by atoms with Gasteiger partial charge in [-0.15, -0.1) is 0 Å². The van der Waals surface area contributed by atoms with Crippen LogP contribution in [-0.4, -0.2) is 50.0 Å². The average molecular weight is 534 g/mol. The zero-order valence-electron chi connectivity index (χ0n) is 21.5. The fourth-order valence-corrected chi connectivity index (χ4v) is 5.79. The maximum absolute atomic E-state index is 13.8. The molecule has 0 unspecified atom stereocenters. The van der Waals surface area contributed by atoms with Crippen LogP contribution in [0.5, 0.6) is 0 Å². The van der Waals surface area contributed by atoms with E-state index >= 15 is 0 Å². The Morgan fingerprint density at radius 1 is 1.08 bits per heavy atom. The van der Waals surface area contributed by atoms with Gasteiger partial charge in [0.05, 0.1) is 11.9 Å². The molecule has 0 radical (unpaired) electrons. The molecule has 2 amide bonds. The van der Waals surface area contributed by atoms with E-state index in [4.69, 9.17) is 11.6 Å². The molecule has 0 saturated heterocycles. The summed E-state index contributed by atoms with van der Waals surface area (Å²) in [7, 11) is -3.78. The van der Waals surface area contributed by atoms with Crippen molar-refractivity contribution in [3.63, 3.8) is 0 Å². The SMILES string of the molecule is CC[C@@H](C(=O)NC1CCCC1)N(Cc1ccccc1Cl)C(=O)CN(c1cccc(C)c1C)S(C)(=O)=O. The predicted molar refractivity (Wildman–Crippen MR) is 145 cm³/mol. The zero-order chi connectivity index (χ0) is 26.5. The molecule has 1 fully saturated rings. The second-order valence-corrected chi connectivity index (χ2v) is 11.8. The first kappa shape index (κ1) is 28.0. The van der Waals surface area contributed by atoms with E-state index in [1.807, 2.05) is 39.0 Å². The Bertz CT molecular complexity index is 1200. The predicted octanol–water partition coefficient (Wildman–Crippen LogP) is 4.59. The molecule has 0 bridgehead atoms. The van der Waals surface area contributed by atoms with Crippen LogP contribution in [0.25, 0.3) is 0 Å². The molecule has 1 saturated carbocycles. The highest BCUT2D eigenvalue weighted by Crippen LogP contribution is 2.26. The molecule has 0 aliphatic heterocycles. The van der Waals surface area contributed by atoms with Crippen molar-refractivity contribution in [1.82, 2.24) is 10.2 Å². The molecule has 0 heterocycles. The normalized spacial score (nSPS) is 14.9. The molecular formula is C27H36ClN3O4S. The third-order valence-electron chi connectivity index (χ3n) is 6.91. The quantitative estimate of drug-likeness (QED) is 0.484. The van der Waals surface area contributed by atoms with E-state index in [-0.39, 0.29) is 18.5 Å². The number of carbonyl (C=O) groups is 2. The van der Waals surface area contributed by atoms with Gasteiger partial charge < -0.3 is 10.2 Å². The lowest BCUT2D eigenvalue weighted by Crippen LogP contribution is -2.53.